The Hall–Kier alpha value is -2.69. The van der Waals surface area contributed by atoms with Crippen LogP contribution in [-0.2, 0) is 0 Å². The Bertz CT molecular complexity index is 715. The van der Waals surface area contributed by atoms with Crippen LogP contribution in [0, 0.1) is 6.92 Å². The number of benzene rings is 2. The number of methoxy groups -OCH3 is 1. The first-order chi connectivity index (χ1) is 12.0. The van der Waals surface area contributed by atoms with E-state index < -0.39 is 0 Å². The highest BCUT2D eigenvalue weighted by atomic mass is 16.5. The summed E-state index contributed by atoms with van der Waals surface area (Å²) in [5.41, 5.74) is 1.54. The van der Waals surface area contributed by atoms with Crippen LogP contribution in [-0.4, -0.2) is 32.3 Å². The van der Waals surface area contributed by atoms with Crippen LogP contribution >= 0.6 is 0 Å². The maximum absolute atomic E-state index is 12.4. The molecule has 0 fully saturated rings. The zero-order chi connectivity index (χ0) is 18.2. The second kappa shape index (κ2) is 8.97. The SMILES string of the molecule is CCOc1ccc(C(=O)N[C@@H](C)COc2ccccc2OC)cc1C. The van der Waals surface area contributed by atoms with Crippen molar-refractivity contribution in [1.29, 1.82) is 0 Å². The predicted molar refractivity (Wildman–Crippen MR) is 97.8 cm³/mol. The summed E-state index contributed by atoms with van der Waals surface area (Å²) in [6.07, 6.45) is 0. The lowest BCUT2D eigenvalue weighted by Gasteiger charge is -2.17. The van der Waals surface area contributed by atoms with Gasteiger partial charge in [0, 0.05) is 5.56 Å². The highest BCUT2D eigenvalue weighted by Crippen LogP contribution is 2.25. The second-order valence-corrected chi connectivity index (χ2v) is 5.75. The molecule has 134 valence electrons. The molecule has 5 heteroatoms. The van der Waals surface area contributed by atoms with E-state index in [1.807, 2.05) is 57.2 Å². The summed E-state index contributed by atoms with van der Waals surface area (Å²) in [5, 5.41) is 2.94. The molecule has 2 aromatic rings. The van der Waals surface area contributed by atoms with Crippen LogP contribution in [0.1, 0.15) is 29.8 Å². The molecule has 0 aliphatic heterocycles. The maximum atomic E-state index is 12.4. The molecule has 0 unspecified atom stereocenters. The third-order valence-electron chi connectivity index (χ3n) is 3.67. The molecule has 0 aromatic heterocycles. The van der Waals surface area contributed by atoms with E-state index in [4.69, 9.17) is 14.2 Å². The molecule has 1 atom stereocenters. The van der Waals surface area contributed by atoms with Crippen molar-refractivity contribution in [2.45, 2.75) is 26.8 Å². The third-order valence-corrected chi connectivity index (χ3v) is 3.67. The molecule has 2 aromatic carbocycles. The van der Waals surface area contributed by atoms with Crippen molar-refractivity contribution in [3.63, 3.8) is 0 Å². The summed E-state index contributed by atoms with van der Waals surface area (Å²) in [6, 6.07) is 12.7. The number of amides is 1. The molecule has 5 nitrogen and oxygen atoms in total. The molecule has 0 spiro atoms. The Kier molecular flexibility index (Phi) is 6.69. The minimum atomic E-state index is -0.149. The van der Waals surface area contributed by atoms with E-state index in [0.717, 1.165) is 11.3 Å². The third kappa shape index (κ3) is 5.14. The van der Waals surface area contributed by atoms with Gasteiger partial charge in [0.25, 0.3) is 5.91 Å². The first kappa shape index (κ1) is 18.6. The fraction of sp³-hybridized carbons (Fsp3) is 0.350. The molecule has 0 heterocycles. The zero-order valence-corrected chi connectivity index (χ0v) is 15.2. The van der Waals surface area contributed by atoms with Crippen LogP contribution in [0.25, 0.3) is 0 Å². The Balaban J connectivity index is 1.92. The van der Waals surface area contributed by atoms with Crippen molar-refractivity contribution in [2.75, 3.05) is 20.3 Å². The average Bonchev–Trinajstić information content (AvgIpc) is 2.62. The second-order valence-electron chi connectivity index (χ2n) is 5.75. The van der Waals surface area contributed by atoms with E-state index in [9.17, 15) is 4.79 Å². The van der Waals surface area contributed by atoms with Crippen LogP contribution in [0.4, 0.5) is 0 Å². The average molecular weight is 343 g/mol. The van der Waals surface area contributed by atoms with E-state index in [2.05, 4.69) is 5.32 Å². The highest BCUT2D eigenvalue weighted by Gasteiger charge is 2.13. The normalized spacial score (nSPS) is 11.5. The molecule has 0 aliphatic carbocycles. The van der Waals surface area contributed by atoms with Crippen molar-refractivity contribution in [1.82, 2.24) is 5.32 Å². The molecule has 0 radical (unpaired) electrons. The number of para-hydroxylation sites is 2. The van der Waals surface area contributed by atoms with Gasteiger partial charge < -0.3 is 19.5 Å². The number of ether oxygens (including phenoxy) is 3. The summed E-state index contributed by atoms with van der Waals surface area (Å²) in [6.45, 7) is 6.71. The van der Waals surface area contributed by atoms with Gasteiger partial charge >= 0.3 is 0 Å². The fourth-order valence-electron chi connectivity index (χ4n) is 2.41. The van der Waals surface area contributed by atoms with Gasteiger partial charge in [-0.2, -0.15) is 0 Å². The van der Waals surface area contributed by atoms with Crippen LogP contribution in [0.2, 0.25) is 0 Å². The van der Waals surface area contributed by atoms with Gasteiger partial charge in [0.1, 0.15) is 12.4 Å². The Morgan fingerprint density at radius 1 is 1.08 bits per heavy atom. The summed E-state index contributed by atoms with van der Waals surface area (Å²) < 4.78 is 16.5. The van der Waals surface area contributed by atoms with E-state index >= 15 is 0 Å². The fourth-order valence-corrected chi connectivity index (χ4v) is 2.41. The molecule has 1 amide bonds. The van der Waals surface area contributed by atoms with Gasteiger partial charge in [-0.25, -0.2) is 0 Å². The van der Waals surface area contributed by atoms with Crippen LogP contribution in [0.5, 0.6) is 17.2 Å². The van der Waals surface area contributed by atoms with Crippen molar-refractivity contribution in [3.05, 3.63) is 53.6 Å². The van der Waals surface area contributed by atoms with Crippen LogP contribution in [0.15, 0.2) is 42.5 Å². The number of hydrogen-bond donors (Lipinski definition) is 1. The number of rotatable bonds is 8. The zero-order valence-electron chi connectivity index (χ0n) is 15.2. The molecule has 2 rings (SSSR count). The van der Waals surface area contributed by atoms with Crippen LogP contribution in [0.3, 0.4) is 0 Å². The monoisotopic (exact) mass is 343 g/mol. The van der Waals surface area contributed by atoms with Gasteiger partial charge in [-0.3, -0.25) is 4.79 Å². The molecule has 0 saturated heterocycles. The topological polar surface area (TPSA) is 56.8 Å². The molecule has 1 N–H and O–H groups in total. The first-order valence-electron chi connectivity index (χ1n) is 8.35. The first-order valence-corrected chi connectivity index (χ1v) is 8.35. The lowest BCUT2D eigenvalue weighted by atomic mass is 10.1. The van der Waals surface area contributed by atoms with Gasteiger partial charge in [0.2, 0.25) is 0 Å². The Labute approximate surface area is 148 Å². The Morgan fingerprint density at radius 3 is 2.44 bits per heavy atom. The van der Waals surface area contributed by atoms with Crippen molar-refractivity contribution in [3.8, 4) is 17.2 Å². The van der Waals surface area contributed by atoms with Crippen molar-refractivity contribution in [2.24, 2.45) is 0 Å². The van der Waals surface area contributed by atoms with Crippen molar-refractivity contribution < 1.29 is 19.0 Å². The summed E-state index contributed by atoms with van der Waals surface area (Å²) in [4.78, 5) is 12.4. The van der Waals surface area contributed by atoms with Gasteiger partial charge in [0.05, 0.1) is 19.8 Å². The summed E-state index contributed by atoms with van der Waals surface area (Å²) in [7, 11) is 1.60. The summed E-state index contributed by atoms with van der Waals surface area (Å²) in [5.74, 6) is 1.99. The maximum Gasteiger partial charge on any atom is 0.251 e. The lowest BCUT2D eigenvalue weighted by molar-refractivity contribution is 0.0926. The number of carbonyl (C=O) groups excluding carboxylic acids is 1. The van der Waals surface area contributed by atoms with Gasteiger partial charge in [0.15, 0.2) is 11.5 Å². The standard InChI is InChI=1S/C20H25NO4/c1-5-24-17-11-10-16(12-14(17)2)20(22)21-15(3)13-25-19-9-7-6-8-18(19)23-4/h6-12,15H,5,13H2,1-4H3,(H,21,22)/t15-/m0/s1. The predicted octanol–water partition coefficient (Wildman–Crippen LogP) is 3.60. The van der Waals surface area contributed by atoms with E-state index in [1.54, 1.807) is 13.2 Å². The molecule has 0 bridgehead atoms. The lowest BCUT2D eigenvalue weighted by Crippen LogP contribution is -2.36. The summed E-state index contributed by atoms with van der Waals surface area (Å²) >= 11 is 0. The number of carbonyl (C=O) groups is 1. The van der Waals surface area contributed by atoms with E-state index in [-0.39, 0.29) is 11.9 Å². The number of aryl methyl sites for hydroxylation is 1. The van der Waals surface area contributed by atoms with E-state index in [1.165, 1.54) is 0 Å². The van der Waals surface area contributed by atoms with Gasteiger partial charge in [-0.1, -0.05) is 12.1 Å². The highest BCUT2D eigenvalue weighted by molar-refractivity contribution is 5.94. The van der Waals surface area contributed by atoms with Crippen LogP contribution < -0.4 is 19.5 Å². The van der Waals surface area contributed by atoms with Gasteiger partial charge in [-0.15, -0.1) is 0 Å². The minimum Gasteiger partial charge on any atom is -0.494 e. The molecular weight excluding hydrogens is 318 g/mol. The largest absolute Gasteiger partial charge is 0.494 e. The molecular formula is C20H25NO4. The molecule has 0 saturated carbocycles. The Morgan fingerprint density at radius 2 is 1.80 bits per heavy atom. The molecule has 0 aliphatic rings. The number of nitrogens with one attached hydrogen (secondary N) is 1. The van der Waals surface area contributed by atoms with Gasteiger partial charge in [-0.05, 0) is 56.7 Å². The van der Waals surface area contributed by atoms with E-state index in [0.29, 0.717) is 30.3 Å². The minimum absolute atomic E-state index is 0.137. The van der Waals surface area contributed by atoms with Crippen molar-refractivity contribution >= 4 is 5.91 Å². The quantitative estimate of drug-likeness (QED) is 0.796. The molecule has 25 heavy (non-hydrogen) atoms. The smallest absolute Gasteiger partial charge is 0.251 e. The number of hydrogen-bond acceptors (Lipinski definition) is 4.